The number of hydrogen-bond donors (Lipinski definition) is 1. The van der Waals surface area contributed by atoms with Gasteiger partial charge < -0.3 is 14.7 Å². The molecule has 0 spiro atoms. The highest BCUT2D eigenvalue weighted by atomic mass is 16.5. The first-order chi connectivity index (χ1) is 10.7. The van der Waals surface area contributed by atoms with Crippen LogP contribution in [0.2, 0.25) is 0 Å². The summed E-state index contributed by atoms with van der Waals surface area (Å²) < 4.78 is 5.63. The van der Waals surface area contributed by atoms with Crippen molar-refractivity contribution < 1.29 is 14.6 Å². The predicted molar refractivity (Wildman–Crippen MR) is 83.3 cm³/mol. The number of nitrogens with zero attached hydrogens (tertiary/aromatic N) is 3. The Bertz CT molecular complexity index is 689. The highest BCUT2D eigenvalue weighted by Crippen LogP contribution is 2.30. The molecule has 1 aromatic carbocycles. The quantitative estimate of drug-likeness (QED) is 0.934. The highest BCUT2D eigenvalue weighted by molar-refractivity contribution is 5.78. The fourth-order valence-electron chi connectivity index (χ4n) is 2.79. The molecule has 1 aromatic heterocycles. The molecule has 1 N–H and O–H groups in total. The van der Waals surface area contributed by atoms with E-state index in [0.29, 0.717) is 31.3 Å². The van der Waals surface area contributed by atoms with E-state index in [9.17, 15) is 9.90 Å². The van der Waals surface area contributed by atoms with Crippen LogP contribution in [-0.4, -0.2) is 40.7 Å². The van der Waals surface area contributed by atoms with Crippen LogP contribution in [0.4, 0.5) is 5.82 Å². The van der Waals surface area contributed by atoms with Gasteiger partial charge in [0.25, 0.3) is 5.88 Å². The van der Waals surface area contributed by atoms with Crippen LogP contribution in [0.25, 0.3) is 11.0 Å². The van der Waals surface area contributed by atoms with Crippen LogP contribution in [0, 0.1) is 5.92 Å². The van der Waals surface area contributed by atoms with E-state index in [0.717, 1.165) is 24.0 Å². The van der Waals surface area contributed by atoms with Crippen LogP contribution in [0.1, 0.15) is 19.8 Å². The van der Waals surface area contributed by atoms with Gasteiger partial charge in [-0.2, -0.15) is 0 Å². The van der Waals surface area contributed by atoms with Crippen molar-refractivity contribution in [1.29, 1.82) is 0 Å². The Hall–Kier alpha value is -2.37. The molecule has 1 unspecified atom stereocenters. The normalized spacial score (nSPS) is 18.4. The van der Waals surface area contributed by atoms with Crippen LogP contribution in [-0.2, 0) is 4.79 Å². The van der Waals surface area contributed by atoms with Gasteiger partial charge >= 0.3 is 5.97 Å². The predicted octanol–water partition coefficient (Wildman–Crippen LogP) is 2.33. The molecule has 22 heavy (non-hydrogen) atoms. The third-order valence-corrected chi connectivity index (χ3v) is 3.87. The summed E-state index contributed by atoms with van der Waals surface area (Å²) in [5, 5.41) is 9.25. The van der Waals surface area contributed by atoms with E-state index in [1.807, 2.05) is 36.1 Å². The Morgan fingerprint density at radius 2 is 2.09 bits per heavy atom. The smallest absolute Gasteiger partial charge is 0.308 e. The average molecular weight is 301 g/mol. The number of carbonyl (C=O) groups is 1. The van der Waals surface area contributed by atoms with Crippen LogP contribution >= 0.6 is 0 Å². The van der Waals surface area contributed by atoms with Crippen molar-refractivity contribution >= 4 is 22.8 Å². The number of carboxylic acid groups (broad SMARTS) is 1. The largest absolute Gasteiger partial charge is 0.481 e. The zero-order valence-corrected chi connectivity index (χ0v) is 12.5. The Balaban J connectivity index is 2.00. The maximum Gasteiger partial charge on any atom is 0.308 e. The number of piperidine rings is 1. The second-order valence-electron chi connectivity index (χ2n) is 5.40. The number of hydrogen-bond acceptors (Lipinski definition) is 5. The average Bonchev–Trinajstić information content (AvgIpc) is 2.54. The molecule has 3 rings (SSSR count). The Morgan fingerprint density at radius 1 is 1.36 bits per heavy atom. The van der Waals surface area contributed by atoms with Crippen molar-refractivity contribution in [3.05, 3.63) is 24.3 Å². The molecule has 1 fully saturated rings. The van der Waals surface area contributed by atoms with Crippen LogP contribution in [0.15, 0.2) is 24.3 Å². The lowest BCUT2D eigenvalue weighted by atomic mass is 9.98. The lowest BCUT2D eigenvalue weighted by Gasteiger charge is -2.32. The molecule has 1 atom stereocenters. The van der Waals surface area contributed by atoms with E-state index >= 15 is 0 Å². The van der Waals surface area contributed by atoms with Gasteiger partial charge in [-0.15, -0.1) is 0 Å². The summed E-state index contributed by atoms with van der Waals surface area (Å²) in [6.45, 7) is 3.62. The number of para-hydroxylation sites is 2. The van der Waals surface area contributed by atoms with Crippen LogP contribution in [0.3, 0.4) is 0 Å². The minimum absolute atomic E-state index is 0.364. The number of benzene rings is 1. The maximum atomic E-state index is 11.3. The number of ether oxygens (including phenoxy) is 1. The van der Waals surface area contributed by atoms with Gasteiger partial charge in [0, 0.05) is 13.1 Å². The summed E-state index contributed by atoms with van der Waals surface area (Å²) in [4.78, 5) is 22.4. The molecule has 0 amide bonds. The zero-order valence-electron chi connectivity index (χ0n) is 12.5. The summed E-state index contributed by atoms with van der Waals surface area (Å²) in [6, 6.07) is 7.62. The summed E-state index contributed by atoms with van der Waals surface area (Å²) in [7, 11) is 0. The van der Waals surface area contributed by atoms with Crippen molar-refractivity contribution in [3.63, 3.8) is 0 Å². The molecular weight excluding hydrogens is 282 g/mol. The van der Waals surface area contributed by atoms with Crippen LogP contribution in [0.5, 0.6) is 5.88 Å². The lowest BCUT2D eigenvalue weighted by molar-refractivity contribution is -0.141. The molecule has 2 aromatic rings. The van der Waals surface area contributed by atoms with Crippen LogP contribution < -0.4 is 9.64 Å². The lowest BCUT2D eigenvalue weighted by Crippen LogP contribution is -2.39. The molecule has 0 aliphatic carbocycles. The van der Waals surface area contributed by atoms with Gasteiger partial charge in [-0.1, -0.05) is 12.1 Å². The van der Waals surface area contributed by atoms with Crippen molar-refractivity contribution in [2.75, 3.05) is 24.6 Å². The maximum absolute atomic E-state index is 11.3. The number of carboxylic acids is 1. The minimum atomic E-state index is -0.753. The number of anilines is 1. The first-order valence-corrected chi connectivity index (χ1v) is 7.56. The summed E-state index contributed by atoms with van der Waals surface area (Å²) in [5.74, 6) is 0.00615. The molecule has 2 heterocycles. The van der Waals surface area contributed by atoms with Crippen molar-refractivity contribution in [3.8, 4) is 5.88 Å². The van der Waals surface area contributed by atoms with Gasteiger partial charge in [0.15, 0.2) is 5.82 Å². The Kier molecular flexibility index (Phi) is 4.09. The molecule has 1 saturated heterocycles. The molecule has 1 aliphatic rings. The first-order valence-electron chi connectivity index (χ1n) is 7.56. The topological polar surface area (TPSA) is 75.6 Å². The van der Waals surface area contributed by atoms with Gasteiger partial charge in [-0.25, -0.2) is 9.97 Å². The molecule has 116 valence electrons. The summed E-state index contributed by atoms with van der Waals surface area (Å²) in [6.07, 6.45) is 1.54. The van der Waals surface area contributed by atoms with Gasteiger partial charge in [0.1, 0.15) is 0 Å². The van der Waals surface area contributed by atoms with E-state index in [1.165, 1.54) is 0 Å². The van der Waals surface area contributed by atoms with Gasteiger partial charge in [0.05, 0.1) is 23.6 Å². The fourth-order valence-corrected chi connectivity index (χ4v) is 2.79. The number of fused-ring (bicyclic) bond motifs is 1. The number of aromatic nitrogens is 2. The molecule has 0 bridgehead atoms. The van der Waals surface area contributed by atoms with E-state index in [2.05, 4.69) is 9.97 Å². The molecule has 0 radical (unpaired) electrons. The molecule has 0 saturated carbocycles. The third-order valence-electron chi connectivity index (χ3n) is 3.87. The van der Waals surface area contributed by atoms with Crippen molar-refractivity contribution in [2.45, 2.75) is 19.8 Å². The number of rotatable bonds is 4. The third kappa shape index (κ3) is 2.81. The van der Waals surface area contributed by atoms with Crippen molar-refractivity contribution in [1.82, 2.24) is 9.97 Å². The monoisotopic (exact) mass is 301 g/mol. The van der Waals surface area contributed by atoms with E-state index in [1.54, 1.807) is 0 Å². The first kappa shape index (κ1) is 14.6. The Labute approximate surface area is 128 Å². The van der Waals surface area contributed by atoms with E-state index in [-0.39, 0.29) is 5.92 Å². The molecule has 6 nitrogen and oxygen atoms in total. The SMILES string of the molecule is CCOc1nc2ccccc2nc1N1CCCC(C(=O)O)C1. The van der Waals surface area contributed by atoms with Gasteiger partial charge in [-0.3, -0.25) is 4.79 Å². The summed E-state index contributed by atoms with van der Waals surface area (Å²) >= 11 is 0. The minimum Gasteiger partial charge on any atom is -0.481 e. The van der Waals surface area contributed by atoms with Crippen molar-refractivity contribution in [2.24, 2.45) is 5.92 Å². The standard InChI is InChI=1S/C16H19N3O3/c1-2-22-15-14(17-12-7-3-4-8-13(12)18-15)19-9-5-6-11(10-19)16(20)21/h3-4,7-8,11H,2,5-6,9-10H2,1H3,(H,20,21). The number of aliphatic carboxylic acids is 1. The second-order valence-corrected chi connectivity index (χ2v) is 5.40. The van der Waals surface area contributed by atoms with Gasteiger partial charge in [-0.05, 0) is 31.9 Å². The fraction of sp³-hybridized carbons (Fsp3) is 0.438. The second kappa shape index (κ2) is 6.17. The molecule has 1 aliphatic heterocycles. The van der Waals surface area contributed by atoms with Gasteiger partial charge in [0.2, 0.25) is 0 Å². The zero-order chi connectivity index (χ0) is 15.5. The molecule has 6 heteroatoms. The molecular formula is C16H19N3O3. The van der Waals surface area contributed by atoms with E-state index in [4.69, 9.17) is 4.74 Å². The summed E-state index contributed by atoms with van der Waals surface area (Å²) in [5.41, 5.74) is 1.57. The Morgan fingerprint density at radius 3 is 2.77 bits per heavy atom. The van der Waals surface area contributed by atoms with E-state index < -0.39 is 5.97 Å². The highest BCUT2D eigenvalue weighted by Gasteiger charge is 2.28.